The van der Waals surface area contributed by atoms with Gasteiger partial charge in [-0.1, -0.05) is 12.8 Å². The van der Waals surface area contributed by atoms with Gasteiger partial charge in [0.05, 0.1) is 0 Å². The van der Waals surface area contributed by atoms with Gasteiger partial charge in [0.25, 0.3) is 0 Å². The highest BCUT2D eigenvalue weighted by atomic mass is 35.5. The van der Waals surface area contributed by atoms with Crippen LogP contribution >= 0.6 is 24.8 Å². The molecule has 0 bridgehead atoms. The second kappa shape index (κ2) is 10.0. The van der Waals surface area contributed by atoms with Gasteiger partial charge in [-0.15, -0.1) is 24.8 Å². The highest BCUT2D eigenvalue weighted by Crippen LogP contribution is 2.26. The Kier molecular flexibility index (Phi) is 8.73. The van der Waals surface area contributed by atoms with Crippen LogP contribution in [0.5, 0.6) is 0 Å². The largest absolute Gasteiger partial charge is 0.339 e. The molecule has 0 radical (unpaired) electrons. The minimum Gasteiger partial charge on any atom is -0.339 e. The zero-order chi connectivity index (χ0) is 15.4. The molecule has 1 amide bonds. The Bertz CT molecular complexity index is 497. The zero-order valence-electron chi connectivity index (χ0n) is 13.8. The monoisotopic (exact) mass is 375 g/mol. The predicted octanol–water partition coefficient (Wildman–Crippen LogP) is 1.88. The average Bonchev–Trinajstić information content (AvgIpc) is 2.58. The molecular weight excluding hydrogens is 349 g/mol. The first kappa shape index (κ1) is 20.9. The Morgan fingerprint density at radius 3 is 2.33 bits per heavy atom. The maximum absolute atomic E-state index is 12.5. The van der Waals surface area contributed by atoms with Crippen LogP contribution in [-0.4, -0.2) is 53.0 Å². The number of nitrogens with two attached hydrogens (primary N) is 1. The molecule has 136 valence electrons. The number of amides is 1. The highest BCUT2D eigenvalue weighted by molar-refractivity contribution is 5.85. The van der Waals surface area contributed by atoms with Crippen molar-refractivity contribution in [3.05, 3.63) is 18.5 Å². The lowest BCUT2D eigenvalue weighted by molar-refractivity contribution is -0.132. The van der Waals surface area contributed by atoms with E-state index in [2.05, 4.69) is 14.9 Å². The molecule has 1 saturated carbocycles. The topological polar surface area (TPSA) is 75.4 Å². The van der Waals surface area contributed by atoms with Gasteiger partial charge in [0.1, 0.15) is 0 Å². The molecule has 0 aromatic carbocycles. The van der Waals surface area contributed by atoms with Crippen molar-refractivity contribution < 1.29 is 4.79 Å². The summed E-state index contributed by atoms with van der Waals surface area (Å²) < 4.78 is 0. The van der Waals surface area contributed by atoms with Crippen molar-refractivity contribution in [1.29, 1.82) is 0 Å². The van der Waals surface area contributed by atoms with Crippen LogP contribution in [-0.2, 0) is 4.79 Å². The number of hydrogen-bond acceptors (Lipinski definition) is 5. The summed E-state index contributed by atoms with van der Waals surface area (Å²) in [5.41, 5.74) is 6.16. The predicted molar refractivity (Wildman–Crippen MR) is 99.9 cm³/mol. The van der Waals surface area contributed by atoms with Crippen LogP contribution in [0.25, 0.3) is 0 Å². The van der Waals surface area contributed by atoms with E-state index in [1.165, 1.54) is 12.8 Å². The molecule has 24 heavy (non-hydrogen) atoms. The Morgan fingerprint density at radius 1 is 1.08 bits per heavy atom. The average molecular weight is 376 g/mol. The number of rotatable bonds is 3. The van der Waals surface area contributed by atoms with Crippen LogP contribution in [0.4, 0.5) is 5.95 Å². The first-order chi connectivity index (χ1) is 10.7. The molecule has 2 unspecified atom stereocenters. The van der Waals surface area contributed by atoms with Crippen molar-refractivity contribution in [3.63, 3.8) is 0 Å². The molecule has 2 N–H and O–H groups in total. The zero-order valence-corrected chi connectivity index (χ0v) is 15.5. The molecule has 6 nitrogen and oxygen atoms in total. The minimum absolute atomic E-state index is 0. The molecule has 8 heteroatoms. The van der Waals surface area contributed by atoms with E-state index in [1.54, 1.807) is 12.4 Å². The maximum Gasteiger partial charge on any atom is 0.225 e. The van der Waals surface area contributed by atoms with Crippen LogP contribution in [0.2, 0.25) is 0 Å². The molecule has 0 spiro atoms. The van der Waals surface area contributed by atoms with Crippen molar-refractivity contribution in [2.24, 2.45) is 11.7 Å². The van der Waals surface area contributed by atoms with E-state index in [1.807, 2.05) is 11.0 Å². The van der Waals surface area contributed by atoms with Crippen LogP contribution in [0, 0.1) is 5.92 Å². The lowest BCUT2D eigenvalue weighted by Crippen LogP contribution is -2.50. The van der Waals surface area contributed by atoms with E-state index in [0.717, 1.165) is 45.0 Å². The summed E-state index contributed by atoms with van der Waals surface area (Å²) in [5.74, 6) is 1.39. The van der Waals surface area contributed by atoms with Gasteiger partial charge in [-0.05, 0) is 24.8 Å². The van der Waals surface area contributed by atoms with Crippen molar-refractivity contribution >= 4 is 36.7 Å². The summed E-state index contributed by atoms with van der Waals surface area (Å²) in [6.45, 7) is 3.09. The third-order valence-corrected chi connectivity index (χ3v) is 4.87. The van der Waals surface area contributed by atoms with E-state index in [9.17, 15) is 4.79 Å². The second-order valence-corrected chi connectivity index (χ2v) is 6.33. The quantitative estimate of drug-likeness (QED) is 0.872. The summed E-state index contributed by atoms with van der Waals surface area (Å²) in [4.78, 5) is 25.1. The molecular formula is C16H27Cl2N5O. The van der Waals surface area contributed by atoms with Gasteiger partial charge in [0.15, 0.2) is 0 Å². The van der Waals surface area contributed by atoms with Crippen LogP contribution in [0.3, 0.4) is 0 Å². The molecule has 2 atom stereocenters. The summed E-state index contributed by atoms with van der Waals surface area (Å²) in [6, 6.07) is 2.02. The lowest BCUT2D eigenvalue weighted by atomic mass is 9.82. The number of nitrogens with zero attached hydrogens (tertiary/aromatic N) is 4. The van der Waals surface area contributed by atoms with E-state index in [0.29, 0.717) is 12.3 Å². The molecule has 3 rings (SSSR count). The Balaban J connectivity index is 0.00000144. The van der Waals surface area contributed by atoms with Gasteiger partial charge in [0.2, 0.25) is 11.9 Å². The SMILES string of the molecule is Cl.Cl.NC1CCCCC1CC(=O)N1CCN(c2ncccn2)CC1. The number of aromatic nitrogens is 2. The van der Waals surface area contributed by atoms with Crippen molar-refractivity contribution in [2.45, 2.75) is 38.1 Å². The first-order valence-corrected chi connectivity index (χ1v) is 8.29. The normalized spacial score (nSPS) is 23.9. The second-order valence-electron chi connectivity index (χ2n) is 6.33. The third kappa shape index (κ3) is 5.19. The molecule has 2 heterocycles. The van der Waals surface area contributed by atoms with E-state index in [-0.39, 0.29) is 36.8 Å². The number of carbonyl (C=O) groups excluding carboxylic acids is 1. The van der Waals surface area contributed by atoms with Crippen molar-refractivity contribution in [3.8, 4) is 0 Å². The lowest BCUT2D eigenvalue weighted by Gasteiger charge is -2.36. The number of halogens is 2. The molecule has 1 aliphatic carbocycles. The van der Waals surface area contributed by atoms with Crippen LogP contribution in [0.1, 0.15) is 32.1 Å². The molecule has 1 aromatic heterocycles. The Labute approximate surface area is 156 Å². The molecule has 1 aromatic rings. The fourth-order valence-electron chi connectivity index (χ4n) is 3.45. The maximum atomic E-state index is 12.5. The summed E-state index contributed by atoms with van der Waals surface area (Å²) in [7, 11) is 0. The van der Waals surface area contributed by atoms with Crippen LogP contribution < -0.4 is 10.6 Å². The van der Waals surface area contributed by atoms with Crippen molar-refractivity contribution in [2.75, 3.05) is 31.1 Å². The smallest absolute Gasteiger partial charge is 0.225 e. The summed E-state index contributed by atoms with van der Waals surface area (Å²) in [5, 5.41) is 0. The van der Waals surface area contributed by atoms with E-state index < -0.39 is 0 Å². The van der Waals surface area contributed by atoms with Gasteiger partial charge >= 0.3 is 0 Å². The van der Waals surface area contributed by atoms with Gasteiger partial charge in [-0.2, -0.15) is 0 Å². The molecule has 2 fully saturated rings. The number of hydrogen-bond donors (Lipinski definition) is 1. The van der Waals surface area contributed by atoms with E-state index in [4.69, 9.17) is 5.73 Å². The summed E-state index contributed by atoms with van der Waals surface area (Å²) in [6.07, 6.45) is 8.71. The van der Waals surface area contributed by atoms with Crippen molar-refractivity contribution in [1.82, 2.24) is 14.9 Å². The van der Waals surface area contributed by atoms with Gasteiger partial charge < -0.3 is 15.5 Å². The Morgan fingerprint density at radius 2 is 1.71 bits per heavy atom. The number of piperazine rings is 1. The van der Waals surface area contributed by atoms with E-state index >= 15 is 0 Å². The summed E-state index contributed by atoms with van der Waals surface area (Å²) >= 11 is 0. The minimum atomic E-state index is 0. The first-order valence-electron chi connectivity index (χ1n) is 8.29. The number of anilines is 1. The van der Waals surface area contributed by atoms with Gasteiger partial charge in [-0.3, -0.25) is 4.79 Å². The van der Waals surface area contributed by atoms with Crippen LogP contribution in [0.15, 0.2) is 18.5 Å². The fourth-order valence-corrected chi connectivity index (χ4v) is 3.45. The molecule has 1 saturated heterocycles. The standard InChI is InChI=1S/C16H25N5O.2ClH/c17-14-5-2-1-4-13(14)12-15(22)20-8-10-21(11-9-20)16-18-6-3-7-19-16;;/h3,6-7,13-14H,1-2,4-5,8-12,17H2;2*1H. The fraction of sp³-hybridized carbons (Fsp3) is 0.688. The Hall–Kier alpha value is -1.11. The van der Waals surface area contributed by atoms with Gasteiger partial charge in [0, 0.05) is 51.0 Å². The third-order valence-electron chi connectivity index (χ3n) is 4.87. The van der Waals surface area contributed by atoms with Gasteiger partial charge in [-0.25, -0.2) is 9.97 Å². The molecule has 2 aliphatic rings. The molecule has 1 aliphatic heterocycles. The highest BCUT2D eigenvalue weighted by Gasteiger charge is 2.28. The number of carbonyl (C=O) groups is 1.